The second-order valence-corrected chi connectivity index (χ2v) is 7.81. The van der Waals surface area contributed by atoms with Crippen molar-refractivity contribution in [3.05, 3.63) is 12.2 Å². The highest BCUT2D eigenvalue weighted by Crippen LogP contribution is 2.34. The van der Waals surface area contributed by atoms with E-state index in [-0.39, 0.29) is 22.3 Å². The molecule has 0 unspecified atom stereocenters. The van der Waals surface area contributed by atoms with E-state index in [4.69, 9.17) is 0 Å². The van der Waals surface area contributed by atoms with Gasteiger partial charge in [0.25, 0.3) is 0 Å². The highest BCUT2D eigenvalue weighted by molar-refractivity contribution is 5.77. The van der Waals surface area contributed by atoms with Crippen LogP contribution in [0, 0.1) is 10.8 Å². The molecule has 0 atom stereocenters. The Morgan fingerprint density at radius 1 is 1.05 bits per heavy atom. The maximum atomic E-state index is 11.7. The fourth-order valence-electron chi connectivity index (χ4n) is 1.91. The van der Waals surface area contributed by atoms with Crippen molar-refractivity contribution in [2.45, 2.75) is 66.8 Å². The molecule has 110 valence electrons. The first-order valence-corrected chi connectivity index (χ1v) is 7.23. The van der Waals surface area contributed by atoms with E-state index in [1.54, 1.807) is 5.01 Å². The maximum absolute atomic E-state index is 11.7. The number of nitrogens with one attached hydrogen (secondary N) is 1. The van der Waals surface area contributed by atoms with Crippen LogP contribution in [0.15, 0.2) is 12.2 Å². The van der Waals surface area contributed by atoms with E-state index in [0.717, 1.165) is 13.0 Å². The molecule has 1 aliphatic rings. The van der Waals surface area contributed by atoms with Crippen molar-refractivity contribution in [2.75, 3.05) is 6.54 Å². The molecule has 0 saturated carbocycles. The molecule has 3 nitrogen and oxygen atoms in total. The molecule has 0 aromatic rings. The predicted octanol–water partition coefficient (Wildman–Crippen LogP) is 3.52. The number of allylic oxidation sites excluding steroid dienone is 1. The number of carbonyl (C=O) groups excluding carboxylic acids is 1. The van der Waals surface area contributed by atoms with E-state index in [1.165, 1.54) is 0 Å². The summed E-state index contributed by atoms with van der Waals surface area (Å²) in [6.45, 7) is 16.2. The Hall–Kier alpha value is -0.830. The molecule has 0 aromatic heterocycles. The first kappa shape index (κ1) is 16.2. The topological polar surface area (TPSA) is 32.3 Å². The van der Waals surface area contributed by atoms with Crippen LogP contribution in [-0.2, 0) is 4.79 Å². The number of hydrogen-bond acceptors (Lipinski definition) is 2. The van der Waals surface area contributed by atoms with Gasteiger partial charge in [0.2, 0.25) is 5.91 Å². The molecule has 3 heteroatoms. The minimum Gasteiger partial charge on any atom is -0.278 e. The quantitative estimate of drug-likeness (QED) is 0.790. The van der Waals surface area contributed by atoms with Crippen LogP contribution in [0.2, 0.25) is 0 Å². The molecule has 1 saturated heterocycles. The van der Waals surface area contributed by atoms with E-state index in [9.17, 15) is 4.79 Å². The molecule has 1 aliphatic heterocycles. The highest BCUT2D eigenvalue weighted by Gasteiger charge is 2.38. The first-order chi connectivity index (χ1) is 8.45. The van der Waals surface area contributed by atoms with Gasteiger partial charge in [0.05, 0.1) is 0 Å². The Labute approximate surface area is 118 Å². The number of hydrogen-bond donors (Lipinski definition) is 1. The van der Waals surface area contributed by atoms with E-state index in [1.807, 2.05) is 0 Å². The molecular weight excluding hydrogens is 236 g/mol. The van der Waals surface area contributed by atoms with Gasteiger partial charge in [0.15, 0.2) is 0 Å². The zero-order chi connectivity index (χ0) is 14.9. The van der Waals surface area contributed by atoms with Crippen molar-refractivity contribution < 1.29 is 4.79 Å². The average Bonchev–Trinajstić information content (AvgIpc) is 2.60. The van der Waals surface area contributed by atoms with E-state index < -0.39 is 0 Å². The fraction of sp³-hybridized carbons (Fsp3) is 0.812. The average molecular weight is 266 g/mol. The molecule has 1 heterocycles. The largest absolute Gasteiger partial charge is 0.278 e. The van der Waals surface area contributed by atoms with Gasteiger partial charge in [0.1, 0.15) is 0 Å². The van der Waals surface area contributed by atoms with Crippen LogP contribution in [0.4, 0.5) is 0 Å². The SMILES string of the molecule is CC(C)(C)/C=C\C(C)(C)C(C)(C)NN1CCCC1=O. The van der Waals surface area contributed by atoms with Crippen molar-refractivity contribution in [3.63, 3.8) is 0 Å². The summed E-state index contributed by atoms with van der Waals surface area (Å²) < 4.78 is 0. The Bertz CT molecular complexity index is 361. The number of hydrazine groups is 1. The summed E-state index contributed by atoms with van der Waals surface area (Å²) in [4.78, 5) is 11.7. The van der Waals surface area contributed by atoms with Gasteiger partial charge < -0.3 is 0 Å². The molecule has 1 rings (SSSR count). The third kappa shape index (κ3) is 4.34. The summed E-state index contributed by atoms with van der Waals surface area (Å²) in [5, 5.41) is 1.78. The van der Waals surface area contributed by atoms with Gasteiger partial charge in [-0.05, 0) is 25.7 Å². The van der Waals surface area contributed by atoms with E-state index >= 15 is 0 Å². The molecule has 19 heavy (non-hydrogen) atoms. The lowest BCUT2D eigenvalue weighted by Crippen LogP contribution is -2.58. The Morgan fingerprint density at radius 3 is 2.05 bits per heavy atom. The number of nitrogens with zero attached hydrogens (tertiary/aromatic N) is 1. The first-order valence-electron chi connectivity index (χ1n) is 7.23. The minimum atomic E-state index is -0.172. The molecule has 1 N–H and O–H groups in total. The van der Waals surface area contributed by atoms with Crippen molar-refractivity contribution in [1.82, 2.24) is 10.4 Å². The van der Waals surface area contributed by atoms with Crippen molar-refractivity contribution in [2.24, 2.45) is 10.8 Å². The lowest BCUT2D eigenvalue weighted by Gasteiger charge is -2.43. The van der Waals surface area contributed by atoms with Gasteiger partial charge >= 0.3 is 0 Å². The summed E-state index contributed by atoms with van der Waals surface area (Å²) >= 11 is 0. The lowest BCUT2D eigenvalue weighted by atomic mass is 9.73. The van der Waals surface area contributed by atoms with Crippen LogP contribution in [-0.4, -0.2) is 23.0 Å². The molecule has 1 fully saturated rings. The molecule has 0 aromatic carbocycles. The van der Waals surface area contributed by atoms with Crippen LogP contribution in [0.5, 0.6) is 0 Å². The van der Waals surface area contributed by atoms with Crippen molar-refractivity contribution >= 4 is 5.91 Å². The predicted molar refractivity (Wildman–Crippen MR) is 80.5 cm³/mol. The van der Waals surface area contributed by atoms with Crippen LogP contribution in [0.3, 0.4) is 0 Å². The van der Waals surface area contributed by atoms with Crippen LogP contribution >= 0.6 is 0 Å². The van der Waals surface area contributed by atoms with Gasteiger partial charge in [-0.3, -0.25) is 9.80 Å². The zero-order valence-corrected chi connectivity index (χ0v) is 13.6. The molecule has 0 bridgehead atoms. The van der Waals surface area contributed by atoms with Gasteiger partial charge in [-0.1, -0.05) is 46.8 Å². The summed E-state index contributed by atoms with van der Waals surface area (Å²) in [5.41, 5.74) is 3.38. The molecule has 1 amide bonds. The standard InChI is InChI=1S/C16H30N2O/c1-14(2,3)10-11-15(4,5)16(6,7)17-18-12-8-9-13(18)19/h10-11,17H,8-9,12H2,1-7H3/b11-10-. The number of rotatable bonds is 4. The third-order valence-corrected chi connectivity index (χ3v) is 4.10. The van der Waals surface area contributed by atoms with Gasteiger partial charge in [-0.25, -0.2) is 5.43 Å². The molecule has 0 spiro atoms. The van der Waals surface area contributed by atoms with Crippen molar-refractivity contribution in [1.29, 1.82) is 0 Å². The summed E-state index contributed by atoms with van der Waals surface area (Å²) in [6, 6.07) is 0. The van der Waals surface area contributed by atoms with Gasteiger partial charge in [0, 0.05) is 23.9 Å². The van der Waals surface area contributed by atoms with Gasteiger partial charge in [-0.2, -0.15) is 0 Å². The Kier molecular flexibility index (Phi) is 4.51. The van der Waals surface area contributed by atoms with Crippen LogP contribution < -0.4 is 5.43 Å². The van der Waals surface area contributed by atoms with E-state index in [2.05, 4.69) is 66.0 Å². The minimum absolute atomic E-state index is 0.0385. The molecule has 0 aliphatic carbocycles. The zero-order valence-electron chi connectivity index (χ0n) is 13.6. The highest BCUT2D eigenvalue weighted by atomic mass is 16.2. The van der Waals surface area contributed by atoms with Crippen LogP contribution in [0.1, 0.15) is 61.3 Å². The smallest absolute Gasteiger partial charge is 0.236 e. The monoisotopic (exact) mass is 266 g/mol. The molecular formula is C16H30N2O. The summed E-state index contributed by atoms with van der Waals surface area (Å²) in [6.07, 6.45) is 6.14. The lowest BCUT2D eigenvalue weighted by molar-refractivity contribution is -0.133. The second-order valence-electron chi connectivity index (χ2n) is 7.81. The second kappa shape index (κ2) is 5.28. The molecule has 0 radical (unpaired) electrons. The maximum Gasteiger partial charge on any atom is 0.236 e. The third-order valence-electron chi connectivity index (χ3n) is 4.10. The summed E-state index contributed by atoms with van der Waals surface area (Å²) in [7, 11) is 0. The number of carbonyl (C=O) groups is 1. The van der Waals surface area contributed by atoms with Crippen LogP contribution in [0.25, 0.3) is 0 Å². The van der Waals surface area contributed by atoms with Crippen molar-refractivity contribution in [3.8, 4) is 0 Å². The normalized spacial score (nSPS) is 18.7. The summed E-state index contributed by atoms with van der Waals surface area (Å²) in [5.74, 6) is 0.212. The Balaban J connectivity index is 2.79. The fourth-order valence-corrected chi connectivity index (χ4v) is 1.91. The number of amides is 1. The van der Waals surface area contributed by atoms with E-state index in [0.29, 0.717) is 6.42 Å². The van der Waals surface area contributed by atoms with Gasteiger partial charge in [-0.15, -0.1) is 0 Å². The Morgan fingerprint density at radius 2 is 1.63 bits per heavy atom.